The summed E-state index contributed by atoms with van der Waals surface area (Å²) in [6.07, 6.45) is 12.3. The molecule has 0 amide bonds. The van der Waals surface area contributed by atoms with E-state index in [2.05, 4.69) is 26.0 Å². The van der Waals surface area contributed by atoms with Gasteiger partial charge in [0, 0.05) is 12.5 Å². The fourth-order valence-corrected chi connectivity index (χ4v) is 6.12. The number of rotatable bonds is 1. The molecule has 0 radical (unpaired) electrons. The van der Waals surface area contributed by atoms with Crippen molar-refractivity contribution in [3.05, 3.63) is 35.6 Å². The molecule has 0 bridgehead atoms. The Morgan fingerprint density at radius 1 is 1.17 bits per heavy atom. The third-order valence-corrected chi connectivity index (χ3v) is 7.57. The van der Waals surface area contributed by atoms with Crippen molar-refractivity contribution in [2.75, 3.05) is 7.11 Å². The summed E-state index contributed by atoms with van der Waals surface area (Å²) in [5.74, 6) is 1.81. The van der Waals surface area contributed by atoms with Crippen molar-refractivity contribution in [1.82, 2.24) is 0 Å². The van der Waals surface area contributed by atoms with Crippen LogP contribution in [0.3, 0.4) is 0 Å². The Morgan fingerprint density at radius 3 is 2.70 bits per heavy atom. The Hall–Kier alpha value is -1.06. The van der Waals surface area contributed by atoms with Crippen LogP contribution in [0.4, 0.5) is 0 Å². The lowest BCUT2D eigenvalue weighted by molar-refractivity contribution is -0.0969. The zero-order valence-electron chi connectivity index (χ0n) is 14.3. The number of methoxy groups -OCH3 is 1. The lowest BCUT2D eigenvalue weighted by atomic mass is 9.49. The Bertz CT molecular complexity index is 604. The van der Waals surface area contributed by atoms with E-state index in [4.69, 9.17) is 4.74 Å². The van der Waals surface area contributed by atoms with Gasteiger partial charge in [0.15, 0.2) is 0 Å². The first-order chi connectivity index (χ1) is 10.9. The summed E-state index contributed by atoms with van der Waals surface area (Å²) >= 11 is 0. The van der Waals surface area contributed by atoms with Crippen LogP contribution in [-0.4, -0.2) is 29.5 Å². The molecule has 3 heteroatoms. The Labute approximate surface area is 138 Å². The maximum atomic E-state index is 10.6. The third kappa shape index (κ3) is 1.96. The van der Waals surface area contributed by atoms with Gasteiger partial charge in [-0.3, -0.25) is 0 Å². The van der Waals surface area contributed by atoms with E-state index in [1.165, 1.54) is 5.57 Å². The zero-order chi connectivity index (χ0) is 16.4. The summed E-state index contributed by atoms with van der Waals surface area (Å²) in [6.45, 7) is 4.58. The Kier molecular flexibility index (Phi) is 3.34. The third-order valence-electron chi connectivity index (χ3n) is 7.57. The molecule has 3 nitrogen and oxygen atoms in total. The number of hydrogen-bond acceptors (Lipinski definition) is 3. The molecule has 2 saturated carbocycles. The predicted molar refractivity (Wildman–Crippen MR) is 89.9 cm³/mol. The van der Waals surface area contributed by atoms with Crippen LogP contribution in [0.15, 0.2) is 35.6 Å². The fourth-order valence-electron chi connectivity index (χ4n) is 6.12. The second kappa shape index (κ2) is 4.97. The van der Waals surface area contributed by atoms with Crippen LogP contribution in [-0.2, 0) is 4.74 Å². The molecule has 126 valence electrons. The lowest BCUT2D eigenvalue weighted by Crippen LogP contribution is -2.54. The van der Waals surface area contributed by atoms with E-state index in [0.717, 1.165) is 25.7 Å². The highest BCUT2D eigenvalue weighted by atomic mass is 16.5. The summed E-state index contributed by atoms with van der Waals surface area (Å²) in [5.41, 5.74) is 1.20. The molecule has 0 aromatic carbocycles. The molecule has 0 aliphatic heterocycles. The number of hydrogen-bond donors (Lipinski definition) is 2. The van der Waals surface area contributed by atoms with Crippen molar-refractivity contribution in [2.45, 2.75) is 51.7 Å². The quantitative estimate of drug-likeness (QED) is 0.774. The molecule has 4 aliphatic rings. The van der Waals surface area contributed by atoms with Crippen LogP contribution in [0.1, 0.15) is 39.5 Å². The molecule has 0 heterocycles. The highest BCUT2D eigenvalue weighted by Gasteiger charge is 2.60. The predicted octanol–water partition coefficient (Wildman–Crippen LogP) is 3.76. The molecule has 4 aliphatic carbocycles. The van der Waals surface area contributed by atoms with Gasteiger partial charge in [0.2, 0.25) is 0 Å². The van der Waals surface area contributed by atoms with Crippen molar-refractivity contribution in [1.29, 1.82) is 0 Å². The lowest BCUT2D eigenvalue weighted by Gasteiger charge is -2.57. The smallest absolute Gasteiger partial charge is 0.115 e. The molecule has 0 aromatic rings. The fraction of sp³-hybridized carbons (Fsp3) is 0.700. The zero-order valence-corrected chi connectivity index (χ0v) is 14.3. The number of aliphatic hydroxyl groups excluding tert-OH is 2. The SMILES string of the molecule is COC1C=C2C=C(O)C=C[C@]2(C)[C@@H]2CC[C@]3(C)C(O)CC[C@H]3[C@H]12. The molecular formula is C20H28O3. The van der Waals surface area contributed by atoms with E-state index in [1.54, 1.807) is 7.11 Å². The second-order valence-corrected chi connectivity index (χ2v) is 8.44. The Morgan fingerprint density at radius 2 is 1.96 bits per heavy atom. The van der Waals surface area contributed by atoms with Gasteiger partial charge < -0.3 is 14.9 Å². The van der Waals surface area contributed by atoms with E-state index < -0.39 is 0 Å². The van der Waals surface area contributed by atoms with E-state index >= 15 is 0 Å². The van der Waals surface area contributed by atoms with Crippen molar-refractivity contribution in [3.63, 3.8) is 0 Å². The summed E-state index contributed by atoms with van der Waals surface area (Å²) in [7, 11) is 1.79. The standard InChI is InChI=1S/C20H28O3/c1-19-8-6-13(21)10-12(19)11-16(23-3)18-14-4-5-17(22)20(14,2)9-7-15(18)19/h6,8,10-11,14-18,21-22H,4-5,7,9H2,1-3H3/t14-,15+,16?,17?,18-,19-,20-/m0/s1. The number of ether oxygens (including phenoxy) is 1. The number of allylic oxidation sites excluding steroid dienone is 4. The molecule has 0 spiro atoms. The maximum absolute atomic E-state index is 10.6. The van der Waals surface area contributed by atoms with E-state index in [9.17, 15) is 10.2 Å². The van der Waals surface area contributed by atoms with Gasteiger partial charge in [-0.2, -0.15) is 0 Å². The summed E-state index contributed by atoms with van der Waals surface area (Å²) in [4.78, 5) is 0. The van der Waals surface area contributed by atoms with Crippen molar-refractivity contribution >= 4 is 0 Å². The second-order valence-electron chi connectivity index (χ2n) is 8.44. The molecule has 2 N–H and O–H groups in total. The normalized spacial score (nSPS) is 51.4. The molecule has 2 unspecified atom stereocenters. The van der Waals surface area contributed by atoms with Gasteiger partial charge in [-0.15, -0.1) is 0 Å². The topological polar surface area (TPSA) is 49.7 Å². The minimum absolute atomic E-state index is 0.0270. The maximum Gasteiger partial charge on any atom is 0.115 e. The molecule has 7 atom stereocenters. The van der Waals surface area contributed by atoms with Gasteiger partial charge in [0.1, 0.15) is 5.76 Å². The van der Waals surface area contributed by atoms with Crippen LogP contribution in [0.25, 0.3) is 0 Å². The minimum atomic E-state index is -0.171. The average molecular weight is 316 g/mol. The van der Waals surface area contributed by atoms with Crippen LogP contribution in [0, 0.1) is 28.6 Å². The van der Waals surface area contributed by atoms with Crippen molar-refractivity contribution < 1.29 is 14.9 Å². The van der Waals surface area contributed by atoms with E-state index in [1.807, 2.05) is 12.2 Å². The largest absolute Gasteiger partial charge is 0.508 e. The van der Waals surface area contributed by atoms with Gasteiger partial charge >= 0.3 is 0 Å². The minimum Gasteiger partial charge on any atom is -0.508 e. The van der Waals surface area contributed by atoms with Gasteiger partial charge in [-0.25, -0.2) is 0 Å². The molecule has 0 saturated heterocycles. The van der Waals surface area contributed by atoms with Crippen molar-refractivity contribution in [2.24, 2.45) is 28.6 Å². The van der Waals surface area contributed by atoms with Crippen molar-refractivity contribution in [3.8, 4) is 0 Å². The first kappa shape index (κ1) is 15.5. The molecule has 0 aromatic heterocycles. The summed E-state index contributed by atoms with van der Waals surface area (Å²) in [6, 6.07) is 0. The van der Waals surface area contributed by atoms with E-state index in [0.29, 0.717) is 23.5 Å². The molecule has 2 fully saturated rings. The molecule has 23 heavy (non-hydrogen) atoms. The molecular weight excluding hydrogens is 288 g/mol. The highest BCUT2D eigenvalue weighted by molar-refractivity contribution is 5.44. The summed E-state index contributed by atoms with van der Waals surface area (Å²) in [5, 5.41) is 20.5. The monoisotopic (exact) mass is 316 g/mol. The van der Waals surface area contributed by atoms with Gasteiger partial charge in [-0.1, -0.05) is 26.0 Å². The van der Waals surface area contributed by atoms with Gasteiger partial charge in [0.05, 0.1) is 12.2 Å². The number of aliphatic hydroxyl groups is 2. The van der Waals surface area contributed by atoms with Crippen LogP contribution >= 0.6 is 0 Å². The highest BCUT2D eigenvalue weighted by Crippen LogP contribution is 2.63. The molecule has 4 rings (SSSR count). The summed E-state index contributed by atoms with van der Waals surface area (Å²) < 4.78 is 5.89. The Balaban J connectivity index is 1.80. The first-order valence-electron chi connectivity index (χ1n) is 8.93. The van der Waals surface area contributed by atoms with Crippen LogP contribution in [0.2, 0.25) is 0 Å². The van der Waals surface area contributed by atoms with Crippen LogP contribution in [0.5, 0.6) is 0 Å². The van der Waals surface area contributed by atoms with Gasteiger partial charge in [-0.05, 0) is 66.6 Å². The van der Waals surface area contributed by atoms with Crippen LogP contribution < -0.4 is 0 Å². The van der Waals surface area contributed by atoms with Gasteiger partial charge in [0.25, 0.3) is 0 Å². The number of fused-ring (bicyclic) bond motifs is 5. The first-order valence-corrected chi connectivity index (χ1v) is 8.93. The van der Waals surface area contributed by atoms with E-state index in [-0.39, 0.29) is 23.0 Å². The average Bonchev–Trinajstić information content (AvgIpc) is 2.83.